The normalized spacial score (nSPS) is 8.57. The SMILES string of the molecule is CCC[C-](C)N.[Fm]. The molecule has 0 heterocycles. The van der Waals surface area contributed by atoms with Crippen LogP contribution in [0.2, 0.25) is 0 Å². The van der Waals surface area contributed by atoms with E-state index in [1.165, 1.54) is 6.42 Å². The fourth-order valence-corrected chi connectivity index (χ4v) is 0.394. The number of hydrogen-bond acceptors (Lipinski definition) is 1. The Labute approximate surface area is 39.5 Å². The van der Waals surface area contributed by atoms with Gasteiger partial charge in [0.15, 0.2) is 0 Å². The molecule has 2 heteroatoms. The van der Waals surface area contributed by atoms with Gasteiger partial charge in [-0.25, -0.2) is 0 Å². The summed E-state index contributed by atoms with van der Waals surface area (Å²) in [7, 11) is 0. The molecule has 0 aliphatic heterocycles. The summed E-state index contributed by atoms with van der Waals surface area (Å²) >= 11 is 0. The van der Waals surface area contributed by atoms with Crippen molar-refractivity contribution in [3.8, 4) is 0 Å². The molecule has 2 N–H and O–H groups in total. The van der Waals surface area contributed by atoms with Crippen LogP contribution >= 0.6 is 0 Å². The van der Waals surface area contributed by atoms with E-state index in [4.69, 9.17) is 5.73 Å². The second-order valence-corrected chi connectivity index (χ2v) is 1.60. The molecule has 0 aromatic heterocycles. The van der Waals surface area contributed by atoms with Gasteiger partial charge in [0.1, 0.15) is 0 Å². The fourth-order valence-electron chi connectivity index (χ4n) is 0.394. The second-order valence-electron chi connectivity index (χ2n) is 1.60. The van der Waals surface area contributed by atoms with Crippen molar-refractivity contribution in [1.29, 1.82) is 0 Å². The van der Waals surface area contributed by atoms with E-state index >= 15 is 0 Å². The van der Waals surface area contributed by atoms with Gasteiger partial charge in [-0.15, -0.1) is 0 Å². The number of nitrogens with two attached hydrogens (primary N) is 1. The largest absolute Gasteiger partial charge is 0.481 e. The van der Waals surface area contributed by atoms with E-state index in [2.05, 4.69) is 6.92 Å². The van der Waals surface area contributed by atoms with Gasteiger partial charge in [-0.05, 0) is 0 Å². The Kier molecular flexibility index (Phi) is 6.63. The molecule has 0 aromatic rings. The maximum Gasteiger partial charge on any atom is 0 e. The van der Waals surface area contributed by atoms with E-state index < -0.39 is 0 Å². The first-order valence-corrected chi connectivity index (χ1v) is 2.35. The van der Waals surface area contributed by atoms with Gasteiger partial charge >= 0.3 is 0 Å². The molecular formula is C5H12FmN-. The summed E-state index contributed by atoms with van der Waals surface area (Å²) in [6.45, 7) is 4.07. The van der Waals surface area contributed by atoms with Crippen LogP contribution in [0.3, 0.4) is 0 Å². The van der Waals surface area contributed by atoms with Crippen LogP contribution in [0, 0.1) is 6.04 Å². The molecule has 0 spiro atoms. The van der Waals surface area contributed by atoms with Crippen molar-refractivity contribution in [1.82, 2.24) is 0 Å². The molecule has 0 rings (SSSR count). The molecule has 0 fully saturated rings. The van der Waals surface area contributed by atoms with Crippen LogP contribution in [0.15, 0.2) is 0 Å². The van der Waals surface area contributed by atoms with Crippen molar-refractivity contribution >= 4 is 0 Å². The molecule has 7 heavy (non-hydrogen) atoms. The van der Waals surface area contributed by atoms with E-state index in [1.54, 1.807) is 0 Å². The zero-order valence-electron chi connectivity index (χ0n) is 4.78. The van der Waals surface area contributed by atoms with Crippen molar-refractivity contribution in [3.05, 3.63) is 6.04 Å². The summed E-state index contributed by atoms with van der Waals surface area (Å²) < 4.78 is 0. The Balaban J connectivity index is 0. The van der Waals surface area contributed by atoms with Crippen molar-refractivity contribution in [2.75, 3.05) is 0 Å². The van der Waals surface area contributed by atoms with Crippen LogP contribution in [0.5, 0.6) is 0 Å². The van der Waals surface area contributed by atoms with Gasteiger partial charge < -0.3 is 5.73 Å². The van der Waals surface area contributed by atoms with E-state index in [0.29, 0.717) is 0 Å². The maximum atomic E-state index is 5.32. The smallest absolute Gasteiger partial charge is 0 e. The van der Waals surface area contributed by atoms with Crippen molar-refractivity contribution in [2.45, 2.75) is 26.7 Å². The standard InChI is InChI=1S/C5H12N.Fm/c1-3-4-5(2)6;/h3-4,6H2,1-2H3;/q-1;. The summed E-state index contributed by atoms with van der Waals surface area (Å²) in [5.41, 5.74) is 5.32. The number of hydrogen-bond donors (Lipinski definition) is 1. The molecule has 0 saturated heterocycles. The summed E-state index contributed by atoms with van der Waals surface area (Å²) in [6.07, 6.45) is 2.24. The topological polar surface area (TPSA) is 26.0 Å². The quantitative estimate of drug-likeness (QED) is 0.752. The van der Waals surface area contributed by atoms with Gasteiger partial charge in [0, 0.05) is 0 Å². The van der Waals surface area contributed by atoms with Crippen LogP contribution in [0.25, 0.3) is 0 Å². The number of rotatable bonds is 2. The maximum absolute atomic E-state index is 5.32. The van der Waals surface area contributed by atoms with Gasteiger partial charge in [-0.2, -0.15) is 13.3 Å². The van der Waals surface area contributed by atoms with Crippen molar-refractivity contribution in [2.24, 2.45) is 5.73 Å². The Morgan fingerprint density at radius 1 is 1.57 bits per heavy atom. The third-order valence-corrected chi connectivity index (χ3v) is 0.644. The van der Waals surface area contributed by atoms with E-state index in [-0.39, 0.29) is 0 Å². The first-order chi connectivity index (χ1) is 2.77. The molecule has 0 atom stereocenters. The van der Waals surface area contributed by atoms with Crippen LogP contribution in [-0.2, 0) is 0 Å². The first kappa shape index (κ1) is 9.35. The monoisotopic (exact) mass is 343 g/mol. The van der Waals surface area contributed by atoms with E-state index in [0.717, 1.165) is 12.5 Å². The second kappa shape index (κ2) is 4.96. The summed E-state index contributed by atoms with van der Waals surface area (Å²) in [5, 5.41) is 0. The summed E-state index contributed by atoms with van der Waals surface area (Å²) in [4.78, 5) is 0. The molecular weight excluding hydrogens is 331 g/mol. The van der Waals surface area contributed by atoms with Crippen LogP contribution in [0.4, 0.5) is 0 Å². The molecule has 0 unspecified atom stereocenters. The molecule has 1 nitrogen and oxygen atoms in total. The Bertz CT molecular complexity index is 29.3. The average Bonchev–Trinajstić information content (AvgIpc) is 1.35. The molecule has 0 radical (unpaired) electrons. The van der Waals surface area contributed by atoms with Crippen LogP contribution in [-0.4, -0.2) is 0 Å². The van der Waals surface area contributed by atoms with Gasteiger partial charge in [0.2, 0.25) is 0 Å². The zero-order chi connectivity index (χ0) is 4.99. The minimum absolute atomic E-state index is 0. The molecule has 0 aliphatic carbocycles. The molecule has 0 aromatic carbocycles. The van der Waals surface area contributed by atoms with Crippen molar-refractivity contribution < 1.29 is 0 Å². The molecule has 0 aliphatic rings. The Hall–Kier alpha value is -1.04. The molecule has 50 valence electrons. The van der Waals surface area contributed by atoms with Gasteiger partial charge in [-0.1, -0.05) is 13.3 Å². The third-order valence-electron chi connectivity index (χ3n) is 0.644. The van der Waals surface area contributed by atoms with Gasteiger partial charge in [0.05, 0.1) is 0 Å². The Morgan fingerprint density at radius 3 is 2.00 bits per heavy atom. The first-order valence-electron chi connectivity index (χ1n) is 2.35. The van der Waals surface area contributed by atoms with Crippen molar-refractivity contribution in [3.63, 3.8) is 0 Å². The summed E-state index contributed by atoms with van der Waals surface area (Å²) in [6, 6.07) is 1.04. The minimum atomic E-state index is 0. The summed E-state index contributed by atoms with van der Waals surface area (Å²) in [5.74, 6) is 0. The third kappa shape index (κ3) is 11.3. The molecule has 0 bridgehead atoms. The molecule has 0 saturated carbocycles. The van der Waals surface area contributed by atoms with E-state index in [1.807, 2.05) is 6.92 Å². The minimum Gasteiger partial charge on any atom is -0.481 e. The fraction of sp³-hybridized carbons (Fsp3) is 0.800. The predicted molar refractivity (Wildman–Crippen MR) is 28.0 cm³/mol. The van der Waals surface area contributed by atoms with E-state index in [9.17, 15) is 0 Å². The van der Waals surface area contributed by atoms with Crippen LogP contribution in [0.1, 0.15) is 26.7 Å². The van der Waals surface area contributed by atoms with Gasteiger partial charge in [0.25, 0.3) is 0 Å². The average molecular weight is 343 g/mol. The molecule has 0 amide bonds. The predicted octanol–water partition coefficient (Wildman–Crippen LogP) is 1.30. The van der Waals surface area contributed by atoms with Gasteiger partial charge in [-0.3, -0.25) is 6.04 Å². The zero-order valence-corrected chi connectivity index (χ0v) is 7.18. The Morgan fingerprint density at radius 2 is 2.00 bits per heavy atom. The van der Waals surface area contributed by atoms with Crippen LogP contribution < -0.4 is 5.73 Å².